The van der Waals surface area contributed by atoms with Crippen LogP contribution in [0.5, 0.6) is 0 Å². The van der Waals surface area contributed by atoms with Crippen LogP contribution in [0.2, 0.25) is 0 Å². The Morgan fingerprint density at radius 1 is 1.00 bits per heavy atom. The SMILES string of the molecule is O=C(COC(=O)CN1C(=O)[C@@H]2[C@H]3C[C@@H]([C@@H](Cl)[C@H]3Cl)[C@H]2C1=O)NNC(=O)c1ccc(Br)cc1. The number of benzene rings is 1. The molecule has 0 aromatic heterocycles. The number of ether oxygens (including phenoxy) is 1. The molecule has 12 heteroatoms. The molecule has 1 aromatic carbocycles. The molecule has 1 saturated heterocycles. The second-order valence-corrected chi connectivity index (χ2v) is 9.86. The lowest BCUT2D eigenvalue weighted by atomic mass is 9.80. The molecule has 3 aliphatic rings. The fourth-order valence-corrected chi connectivity index (χ4v) is 5.88. The molecule has 6 atom stereocenters. The smallest absolute Gasteiger partial charge is 0.326 e. The van der Waals surface area contributed by atoms with Crippen molar-refractivity contribution in [2.45, 2.75) is 17.2 Å². The number of likely N-dealkylation sites (tertiary alicyclic amines) is 1. The molecule has 2 N–H and O–H groups in total. The van der Waals surface area contributed by atoms with Gasteiger partial charge in [0.2, 0.25) is 11.8 Å². The van der Waals surface area contributed by atoms with Gasteiger partial charge in [0.05, 0.1) is 22.6 Å². The molecule has 3 fully saturated rings. The molecule has 9 nitrogen and oxygen atoms in total. The third kappa shape index (κ3) is 4.11. The fourth-order valence-electron chi connectivity index (χ4n) is 4.72. The molecule has 4 amide bonds. The van der Waals surface area contributed by atoms with E-state index in [0.29, 0.717) is 12.0 Å². The highest BCUT2D eigenvalue weighted by Crippen LogP contribution is 2.59. The number of hydrogen-bond acceptors (Lipinski definition) is 6. The predicted octanol–water partition coefficient (Wildman–Crippen LogP) is 1.22. The number of esters is 1. The molecule has 170 valence electrons. The van der Waals surface area contributed by atoms with Crippen LogP contribution in [0.25, 0.3) is 0 Å². The molecule has 1 aliphatic heterocycles. The molecule has 32 heavy (non-hydrogen) atoms. The Balaban J connectivity index is 1.24. The Kier molecular flexibility index (Phi) is 6.46. The van der Waals surface area contributed by atoms with Gasteiger partial charge in [0.15, 0.2) is 6.61 Å². The minimum absolute atomic E-state index is 0.188. The number of rotatable bonds is 5. The molecule has 1 aromatic rings. The highest BCUT2D eigenvalue weighted by atomic mass is 79.9. The summed E-state index contributed by atoms with van der Waals surface area (Å²) in [7, 11) is 0. The second-order valence-electron chi connectivity index (χ2n) is 7.94. The maximum absolute atomic E-state index is 12.7. The zero-order chi connectivity index (χ0) is 23.2. The van der Waals surface area contributed by atoms with E-state index in [1.54, 1.807) is 24.3 Å². The van der Waals surface area contributed by atoms with E-state index in [-0.39, 0.29) is 22.6 Å². The van der Waals surface area contributed by atoms with Crippen molar-refractivity contribution < 1.29 is 28.7 Å². The predicted molar refractivity (Wildman–Crippen MR) is 115 cm³/mol. The fraction of sp³-hybridized carbons (Fsp3) is 0.450. The summed E-state index contributed by atoms with van der Waals surface area (Å²) < 4.78 is 5.64. The number of nitrogens with zero attached hydrogens (tertiary/aromatic N) is 1. The number of fused-ring (bicyclic) bond motifs is 5. The topological polar surface area (TPSA) is 122 Å². The minimum atomic E-state index is -0.918. The van der Waals surface area contributed by atoms with E-state index in [1.807, 2.05) is 0 Å². The van der Waals surface area contributed by atoms with E-state index in [4.69, 9.17) is 27.9 Å². The normalized spacial score (nSPS) is 30.3. The first-order valence-corrected chi connectivity index (χ1v) is 11.5. The lowest BCUT2D eigenvalue weighted by Crippen LogP contribution is -2.44. The average molecular weight is 547 g/mol. The van der Waals surface area contributed by atoms with Gasteiger partial charge in [-0.3, -0.25) is 39.7 Å². The maximum atomic E-state index is 12.7. The quantitative estimate of drug-likeness (QED) is 0.248. The number of nitrogens with one attached hydrogen (secondary N) is 2. The van der Waals surface area contributed by atoms with Gasteiger partial charge in [0, 0.05) is 10.0 Å². The van der Waals surface area contributed by atoms with Gasteiger partial charge in [-0.25, -0.2) is 0 Å². The number of halogens is 3. The molecule has 0 unspecified atom stereocenters. The van der Waals surface area contributed by atoms with E-state index in [9.17, 15) is 24.0 Å². The molecule has 0 radical (unpaired) electrons. The second kappa shape index (κ2) is 8.99. The molecule has 2 bridgehead atoms. The van der Waals surface area contributed by atoms with E-state index in [1.165, 1.54) is 0 Å². The van der Waals surface area contributed by atoms with Crippen molar-refractivity contribution >= 4 is 68.7 Å². The van der Waals surface area contributed by atoms with Crippen LogP contribution in [0.15, 0.2) is 28.7 Å². The van der Waals surface area contributed by atoms with Crippen LogP contribution in [-0.4, -0.2) is 58.4 Å². The minimum Gasteiger partial charge on any atom is -0.454 e. The van der Waals surface area contributed by atoms with Gasteiger partial charge in [-0.05, 0) is 42.5 Å². The monoisotopic (exact) mass is 545 g/mol. The average Bonchev–Trinajstić information content (AvgIpc) is 3.37. The summed E-state index contributed by atoms with van der Waals surface area (Å²) in [6.07, 6.45) is 0.625. The zero-order valence-corrected chi connectivity index (χ0v) is 19.5. The Hall–Kier alpha value is -2.17. The van der Waals surface area contributed by atoms with Crippen LogP contribution in [0.4, 0.5) is 0 Å². The van der Waals surface area contributed by atoms with Crippen molar-refractivity contribution in [1.82, 2.24) is 15.8 Å². The number of hydrazine groups is 1. The first-order valence-electron chi connectivity index (χ1n) is 9.82. The molecule has 2 aliphatic carbocycles. The number of carbonyl (C=O) groups excluding carboxylic acids is 5. The summed E-state index contributed by atoms with van der Waals surface area (Å²) in [5.41, 5.74) is 4.63. The molecular formula is C20H18BrCl2N3O6. The van der Waals surface area contributed by atoms with Gasteiger partial charge in [0.25, 0.3) is 11.8 Å². The van der Waals surface area contributed by atoms with E-state index >= 15 is 0 Å². The molecule has 0 spiro atoms. The van der Waals surface area contributed by atoms with E-state index in [2.05, 4.69) is 26.8 Å². The van der Waals surface area contributed by atoms with E-state index < -0.39 is 54.6 Å². The molecule has 4 rings (SSSR count). The summed E-state index contributed by atoms with van der Waals surface area (Å²) in [6.45, 7) is -1.29. The molecular weight excluding hydrogens is 529 g/mol. The van der Waals surface area contributed by atoms with Crippen LogP contribution in [0.3, 0.4) is 0 Å². The maximum Gasteiger partial charge on any atom is 0.326 e. The van der Waals surface area contributed by atoms with Gasteiger partial charge in [-0.1, -0.05) is 15.9 Å². The van der Waals surface area contributed by atoms with Gasteiger partial charge >= 0.3 is 5.97 Å². The third-order valence-electron chi connectivity index (χ3n) is 6.15. The third-order valence-corrected chi connectivity index (χ3v) is 8.00. The first-order chi connectivity index (χ1) is 15.2. The highest BCUT2D eigenvalue weighted by molar-refractivity contribution is 9.10. The number of alkyl halides is 2. The van der Waals surface area contributed by atoms with Crippen LogP contribution in [0.1, 0.15) is 16.8 Å². The summed E-state index contributed by atoms with van der Waals surface area (Å²) >= 11 is 15.8. The van der Waals surface area contributed by atoms with Crippen molar-refractivity contribution in [2.24, 2.45) is 23.7 Å². The van der Waals surface area contributed by atoms with Crippen molar-refractivity contribution in [3.63, 3.8) is 0 Å². The summed E-state index contributed by atoms with van der Waals surface area (Å²) in [6, 6.07) is 6.44. The lowest BCUT2D eigenvalue weighted by molar-refractivity contribution is -0.155. The van der Waals surface area contributed by atoms with E-state index in [0.717, 1.165) is 9.37 Å². The summed E-state index contributed by atoms with van der Waals surface area (Å²) in [5.74, 6) is -4.66. The largest absolute Gasteiger partial charge is 0.454 e. The molecule has 2 saturated carbocycles. The summed E-state index contributed by atoms with van der Waals surface area (Å²) in [4.78, 5) is 62.2. The van der Waals surface area contributed by atoms with Crippen molar-refractivity contribution in [3.8, 4) is 0 Å². The van der Waals surface area contributed by atoms with Crippen molar-refractivity contribution in [1.29, 1.82) is 0 Å². The number of amides is 4. The van der Waals surface area contributed by atoms with Crippen LogP contribution in [-0.2, 0) is 23.9 Å². The van der Waals surface area contributed by atoms with Crippen molar-refractivity contribution in [2.75, 3.05) is 13.2 Å². The van der Waals surface area contributed by atoms with Gasteiger partial charge in [-0.15, -0.1) is 23.2 Å². The van der Waals surface area contributed by atoms with Crippen LogP contribution < -0.4 is 10.9 Å². The first kappa shape index (κ1) is 23.0. The highest BCUT2D eigenvalue weighted by Gasteiger charge is 2.66. The summed E-state index contributed by atoms with van der Waals surface area (Å²) in [5, 5.41) is -0.772. The Bertz CT molecular complexity index is 958. The standard InChI is InChI=1S/C20H18BrCl2N3O6/c21-9-3-1-8(2-4-9)18(29)25-24-12(27)7-32-13(28)6-26-19(30)14-10-5-11(15(14)20(26)31)17(23)16(10)22/h1-4,10-11,14-17H,5-7H2,(H,24,27)(H,25,29)/t10-,11-,14-,15-,16-,17+/m1/s1. The zero-order valence-electron chi connectivity index (χ0n) is 16.4. The number of carbonyl (C=O) groups is 5. The number of hydrogen-bond donors (Lipinski definition) is 2. The Labute approximate surface area is 201 Å². The van der Waals surface area contributed by atoms with Crippen molar-refractivity contribution in [3.05, 3.63) is 34.3 Å². The van der Waals surface area contributed by atoms with Gasteiger partial charge < -0.3 is 4.74 Å². The Morgan fingerprint density at radius 3 is 2.12 bits per heavy atom. The van der Waals surface area contributed by atoms with Crippen LogP contribution in [0, 0.1) is 23.7 Å². The lowest BCUT2D eigenvalue weighted by Gasteiger charge is -2.28. The number of imide groups is 1. The van der Waals surface area contributed by atoms with Gasteiger partial charge in [0.1, 0.15) is 6.54 Å². The van der Waals surface area contributed by atoms with Crippen LogP contribution >= 0.6 is 39.1 Å². The molecule has 1 heterocycles. The van der Waals surface area contributed by atoms with Gasteiger partial charge in [-0.2, -0.15) is 0 Å². The Morgan fingerprint density at radius 2 is 1.56 bits per heavy atom.